The van der Waals surface area contributed by atoms with Gasteiger partial charge in [0.1, 0.15) is 11.3 Å². The zero-order chi connectivity index (χ0) is 20.5. The van der Waals surface area contributed by atoms with Crippen LogP contribution in [-0.4, -0.2) is 35.7 Å². The number of benzene rings is 2. The Labute approximate surface area is 168 Å². The number of aliphatic hydroxyl groups excluding tert-OH is 1. The third-order valence-corrected chi connectivity index (χ3v) is 5.11. The smallest absolute Gasteiger partial charge is 0.290 e. The minimum Gasteiger partial charge on any atom is -0.494 e. The number of β-amino-alcohol motifs (C(OH)–C–C–N with tert-alkyl or cyclic N) is 1. The molecule has 1 amide bonds. The predicted octanol–water partition coefficient (Wildman–Crippen LogP) is 3.43. The van der Waals surface area contributed by atoms with Crippen LogP contribution >= 0.6 is 0 Å². The van der Waals surface area contributed by atoms with Crippen LogP contribution in [-0.2, 0) is 0 Å². The van der Waals surface area contributed by atoms with Gasteiger partial charge in [-0.1, -0.05) is 30.7 Å². The molecule has 0 unspecified atom stereocenters. The molecule has 6 nitrogen and oxygen atoms in total. The van der Waals surface area contributed by atoms with Crippen molar-refractivity contribution >= 4 is 16.9 Å². The normalized spacial score (nSPS) is 15.8. The molecule has 0 radical (unpaired) electrons. The first-order valence-electron chi connectivity index (χ1n) is 9.77. The summed E-state index contributed by atoms with van der Waals surface area (Å²) in [6.45, 7) is 4.39. The van der Waals surface area contributed by atoms with Gasteiger partial charge < -0.3 is 19.2 Å². The highest BCUT2D eigenvalue weighted by Crippen LogP contribution is 2.38. The van der Waals surface area contributed by atoms with E-state index in [0.29, 0.717) is 28.9 Å². The number of carbonyl (C=O) groups is 1. The maximum atomic E-state index is 13.4. The maximum Gasteiger partial charge on any atom is 0.290 e. The number of rotatable bonds is 6. The van der Waals surface area contributed by atoms with Crippen LogP contribution in [0.3, 0.4) is 0 Å². The van der Waals surface area contributed by atoms with Gasteiger partial charge >= 0.3 is 0 Å². The van der Waals surface area contributed by atoms with E-state index >= 15 is 0 Å². The van der Waals surface area contributed by atoms with E-state index in [2.05, 4.69) is 0 Å². The zero-order valence-electron chi connectivity index (χ0n) is 16.5. The van der Waals surface area contributed by atoms with E-state index in [1.807, 2.05) is 44.2 Å². The SMILES string of the molecule is CCCOc1cccc([C@@H]2c3c(oc4ccc(C)cc4c3=O)C(=O)N2CCO)c1. The molecule has 0 fully saturated rings. The molecule has 0 spiro atoms. The molecule has 29 heavy (non-hydrogen) atoms. The highest BCUT2D eigenvalue weighted by molar-refractivity contribution is 5.99. The lowest BCUT2D eigenvalue weighted by Gasteiger charge is -2.24. The fourth-order valence-corrected chi connectivity index (χ4v) is 3.81. The third-order valence-electron chi connectivity index (χ3n) is 5.11. The molecule has 0 saturated heterocycles. The first kappa shape index (κ1) is 19.2. The molecule has 1 aliphatic rings. The second-order valence-electron chi connectivity index (χ2n) is 7.22. The third kappa shape index (κ3) is 3.29. The van der Waals surface area contributed by atoms with Gasteiger partial charge in [0.2, 0.25) is 5.76 Å². The lowest BCUT2D eigenvalue weighted by atomic mass is 9.98. The molecule has 2 heterocycles. The zero-order valence-corrected chi connectivity index (χ0v) is 16.5. The van der Waals surface area contributed by atoms with Gasteiger partial charge in [-0.15, -0.1) is 0 Å². The summed E-state index contributed by atoms with van der Waals surface area (Å²) < 4.78 is 11.6. The largest absolute Gasteiger partial charge is 0.494 e. The van der Waals surface area contributed by atoms with Gasteiger partial charge in [0.25, 0.3) is 5.91 Å². The molecule has 6 heteroatoms. The molecule has 0 saturated carbocycles. The number of hydrogen-bond acceptors (Lipinski definition) is 5. The van der Waals surface area contributed by atoms with Gasteiger partial charge in [0, 0.05) is 6.54 Å². The summed E-state index contributed by atoms with van der Waals surface area (Å²) in [7, 11) is 0. The van der Waals surface area contributed by atoms with Crippen LogP contribution in [0, 0.1) is 6.92 Å². The summed E-state index contributed by atoms with van der Waals surface area (Å²) in [5, 5.41) is 9.98. The van der Waals surface area contributed by atoms with Crippen LogP contribution in [0.2, 0.25) is 0 Å². The molecule has 1 aromatic heterocycles. The number of fused-ring (bicyclic) bond motifs is 2. The summed E-state index contributed by atoms with van der Waals surface area (Å²) in [5.41, 5.74) is 2.17. The van der Waals surface area contributed by atoms with Crippen LogP contribution < -0.4 is 10.2 Å². The topological polar surface area (TPSA) is 80.0 Å². The van der Waals surface area contributed by atoms with Crippen molar-refractivity contribution in [1.82, 2.24) is 4.90 Å². The van der Waals surface area contributed by atoms with Crippen molar-refractivity contribution in [1.29, 1.82) is 0 Å². The molecule has 1 atom stereocenters. The van der Waals surface area contributed by atoms with Crippen LogP contribution in [0.15, 0.2) is 51.7 Å². The average molecular weight is 393 g/mol. The minimum absolute atomic E-state index is 0.0460. The van der Waals surface area contributed by atoms with Crippen LogP contribution in [0.4, 0.5) is 0 Å². The van der Waals surface area contributed by atoms with Crippen molar-refractivity contribution < 1.29 is 19.1 Å². The van der Waals surface area contributed by atoms with E-state index in [9.17, 15) is 14.7 Å². The molecule has 0 bridgehead atoms. The van der Waals surface area contributed by atoms with E-state index < -0.39 is 11.9 Å². The predicted molar refractivity (Wildman–Crippen MR) is 109 cm³/mol. The molecular formula is C23H23NO5. The lowest BCUT2D eigenvalue weighted by molar-refractivity contribution is 0.0691. The maximum absolute atomic E-state index is 13.4. The average Bonchev–Trinajstić information content (AvgIpc) is 3.00. The Balaban J connectivity index is 1.92. The molecule has 2 aromatic carbocycles. The van der Waals surface area contributed by atoms with Gasteiger partial charge in [0.15, 0.2) is 5.43 Å². The van der Waals surface area contributed by atoms with E-state index in [1.165, 1.54) is 4.90 Å². The number of carbonyl (C=O) groups excluding carboxylic acids is 1. The molecule has 1 aliphatic heterocycles. The molecule has 0 aliphatic carbocycles. The van der Waals surface area contributed by atoms with Crippen molar-refractivity contribution in [3.63, 3.8) is 0 Å². The molecule has 150 valence electrons. The highest BCUT2D eigenvalue weighted by atomic mass is 16.5. The Morgan fingerprint density at radius 1 is 1.17 bits per heavy atom. The fraction of sp³-hybridized carbons (Fsp3) is 0.304. The number of nitrogens with zero attached hydrogens (tertiary/aromatic N) is 1. The van der Waals surface area contributed by atoms with Crippen molar-refractivity contribution in [2.24, 2.45) is 0 Å². The second kappa shape index (κ2) is 7.72. The number of amides is 1. The Hall–Kier alpha value is -3.12. The van der Waals surface area contributed by atoms with Crippen LogP contribution in [0.25, 0.3) is 11.0 Å². The van der Waals surface area contributed by atoms with Gasteiger partial charge in [0.05, 0.1) is 30.2 Å². The van der Waals surface area contributed by atoms with Crippen LogP contribution in [0.5, 0.6) is 5.75 Å². The quantitative estimate of drug-likeness (QED) is 0.694. The van der Waals surface area contributed by atoms with E-state index in [1.54, 1.807) is 12.1 Å². The van der Waals surface area contributed by atoms with Crippen LogP contribution in [0.1, 0.15) is 46.6 Å². The molecular weight excluding hydrogens is 370 g/mol. The van der Waals surface area contributed by atoms with Crippen molar-refractivity contribution in [3.05, 3.63) is 75.1 Å². The second-order valence-corrected chi connectivity index (χ2v) is 7.22. The van der Waals surface area contributed by atoms with Gasteiger partial charge in [-0.25, -0.2) is 0 Å². The minimum atomic E-state index is -0.629. The Bertz CT molecular complexity index is 1130. The van der Waals surface area contributed by atoms with E-state index in [4.69, 9.17) is 9.15 Å². The summed E-state index contributed by atoms with van der Waals surface area (Å²) in [6.07, 6.45) is 0.876. The number of aryl methyl sites for hydroxylation is 1. The fourth-order valence-electron chi connectivity index (χ4n) is 3.81. The van der Waals surface area contributed by atoms with E-state index in [0.717, 1.165) is 17.5 Å². The lowest BCUT2D eigenvalue weighted by Crippen LogP contribution is -2.32. The standard InChI is InChI=1S/C23H23NO5/c1-3-11-28-16-6-4-5-15(13-16)20-19-21(26)17-12-14(2)7-8-18(17)29-22(19)23(27)24(20)9-10-25/h4-8,12-13,20,25H,3,9-11H2,1-2H3/t20-/m1/s1. The van der Waals surface area contributed by atoms with Gasteiger partial charge in [-0.05, 0) is 43.2 Å². The Kier molecular flexibility index (Phi) is 5.11. The highest BCUT2D eigenvalue weighted by Gasteiger charge is 2.42. The summed E-state index contributed by atoms with van der Waals surface area (Å²) in [5.74, 6) is 0.332. The first-order valence-corrected chi connectivity index (χ1v) is 9.77. The van der Waals surface area contributed by atoms with Crippen molar-refractivity contribution in [2.45, 2.75) is 26.3 Å². The summed E-state index contributed by atoms with van der Waals surface area (Å²) in [6, 6.07) is 12.1. The number of hydrogen-bond donors (Lipinski definition) is 1. The Morgan fingerprint density at radius 2 is 2.00 bits per heavy atom. The first-order chi connectivity index (χ1) is 14.0. The Morgan fingerprint density at radius 3 is 2.76 bits per heavy atom. The van der Waals surface area contributed by atoms with E-state index in [-0.39, 0.29) is 24.3 Å². The van der Waals surface area contributed by atoms with Crippen molar-refractivity contribution in [3.8, 4) is 5.75 Å². The molecule has 1 N–H and O–H groups in total. The number of aliphatic hydroxyl groups is 1. The summed E-state index contributed by atoms with van der Waals surface area (Å²) in [4.78, 5) is 27.9. The number of ether oxygens (including phenoxy) is 1. The monoisotopic (exact) mass is 393 g/mol. The van der Waals surface area contributed by atoms with Crippen molar-refractivity contribution in [2.75, 3.05) is 19.8 Å². The molecule has 3 aromatic rings. The molecule has 4 rings (SSSR count). The van der Waals surface area contributed by atoms with Gasteiger partial charge in [-0.3, -0.25) is 9.59 Å². The van der Waals surface area contributed by atoms with Gasteiger partial charge in [-0.2, -0.15) is 0 Å². The summed E-state index contributed by atoms with van der Waals surface area (Å²) >= 11 is 0.